The van der Waals surface area contributed by atoms with Gasteiger partial charge in [0.2, 0.25) is 0 Å². The first-order valence-electron chi connectivity index (χ1n) is 6.42. The van der Waals surface area contributed by atoms with Gasteiger partial charge in [0.05, 0.1) is 6.61 Å². The molecule has 100 valence electrons. The van der Waals surface area contributed by atoms with Gasteiger partial charge in [-0.15, -0.1) is 0 Å². The number of likely N-dealkylation sites (N-methyl/N-ethyl adjacent to an activating group) is 1. The maximum Gasteiger partial charge on any atom is 0.123 e. The van der Waals surface area contributed by atoms with Crippen molar-refractivity contribution in [2.75, 3.05) is 40.5 Å². The first-order valence-corrected chi connectivity index (χ1v) is 6.42. The largest absolute Gasteiger partial charge is 0.492 e. The quantitative estimate of drug-likeness (QED) is 0.849. The van der Waals surface area contributed by atoms with E-state index in [1.165, 1.54) is 5.56 Å². The van der Waals surface area contributed by atoms with Crippen LogP contribution in [0.4, 0.5) is 0 Å². The molecule has 1 N–H and O–H groups in total. The van der Waals surface area contributed by atoms with E-state index in [9.17, 15) is 0 Å². The summed E-state index contributed by atoms with van der Waals surface area (Å²) in [6.07, 6.45) is 0. The van der Waals surface area contributed by atoms with Crippen molar-refractivity contribution in [3.8, 4) is 5.75 Å². The molecule has 0 aromatic heterocycles. The molecule has 18 heavy (non-hydrogen) atoms. The summed E-state index contributed by atoms with van der Waals surface area (Å²) in [5.41, 5.74) is 1.27. The lowest BCUT2D eigenvalue weighted by atomic mass is 10.2. The maximum absolute atomic E-state index is 5.76. The third-order valence-electron chi connectivity index (χ3n) is 3.29. The average molecular weight is 250 g/mol. The van der Waals surface area contributed by atoms with Crippen molar-refractivity contribution in [2.24, 2.45) is 0 Å². The van der Waals surface area contributed by atoms with Crippen molar-refractivity contribution in [1.82, 2.24) is 10.2 Å². The lowest BCUT2D eigenvalue weighted by Crippen LogP contribution is -2.42. The molecule has 0 aliphatic carbocycles. The van der Waals surface area contributed by atoms with E-state index in [1.54, 1.807) is 7.11 Å². The number of benzene rings is 1. The van der Waals surface area contributed by atoms with E-state index in [-0.39, 0.29) is 0 Å². The summed E-state index contributed by atoms with van der Waals surface area (Å²) in [7, 11) is 3.72. The van der Waals surface area contributed by atoms with E-state index in [4.69, 9.17) is 9.47 Å². The fraction of sp³-hybridized carbons (Fsp3) is 0.571. The first-order chi connectivity index (χ1) is 8.83. The lowest BCUT2D eigenvalue weighted by molar-refractivity contribution is 0.135. The van der Waals surface area contributed by atoms with Gasteiger partial charge < -0.3 is 14.8 Å². The Hall–Kier alpha value is -1.10. The number of ether oxygens (including phenoxy) is 2. The molecule has 1 unspecified atom stereocenters. The number of rotatable bonds is 5. The van der Waals surface area contributed by atoms with Crippen molar-refractivity contribution in [3.05, 3.63) is 29.8 Å². The van der Waals surface area contributed by atoms with Gasteiger partial charge in [-0.05, 0) is 13.1 Å². The van der Waals surface area contributed by atoms with Gasteiger partial charge in [0.15, 0.2) is 0 Å². The van der Waals surface area contributed by atoms with Crippen molar-refractivity contribution >= 4 is 0 Å². The molecule has 4 heteroatoms. The highest BCUT2D eigenvalue weighted by Crippen LogP contribution is 2.22. The number of nitrogens with one attached hydrogen (secondary N) is 1. The molecule has 0 fully saturated rings. The third-order valence-corrected chi connectivity index (χ3v) is 3.29. The molecule has 2 rings (SSSR count). The number of hydrogen-bond acceptors (Lipinski definition) is 4. The zero-order chi connectivity index (χ0) is 12.8. The van der Waals surface area contributed by atoms with Crippen LogP contribution in [0.15, 0.2) is 24.3 Å². The Morgan fingerprint density at radius 3 is 3.06 bits per heavy atom. The Morgan fingerprint density at radius 2 is 2.28 bits per heavy atom. The van der Waals surface area contributed by atoms with Crippen LogP contribution in [-0.4, -0.2) is 51.4 Å². The molecule has 1 aliphatic rings. The van der Waals surface area contributed by atoms with E-state index >= 15 is 0 Å². The van der Waals surface area contributed by atoms with E-state index < -0.39 is 0 Å². The summed E-state index contributed by atoms with van der Waals surface area (Å²) < 4.78 is 11.0. The monoisotopic (exact) mass is 250 g/mol. The predicted octanol–water partition coefficient (Wildman–Crippen LogP) is 1.12. The van der Waals surface area contributed by atoms with E-state index in [0.29, 0.717) is 6.04 Å². The molecule has 1 aromatic rings. The second-order valence-corrected chi connectivity index (χ2v) is 4.63. The summed E-state index contributed by atoms with van der Waals surface area (Å²) >= 11 is 0. The highest BCUT2D eigenvalue weighted by atomic mass is 16.5. The van der Waals surface area contributed by atoms with Crippen molar-refractivity contribution < 1.29 is 9.47 Å². The Morgan fingerprint density at radius 1 is 1.44 bits per heavy atom. The Kier molecular flexibility index (Phi) is 4.99. The Bertz CT molecular complexity index is 371. The number of hydrogen-bond donors (Lipinski definition) is 1. The summed E-state index contributed by atoms with van der Waals surface area (Å²) in [4.78, 5) is 2.41. The summed E-state index contributed by atoms with van der Waals surface area (Å²) in [5.74, 6) is 1.02. The molecule has 0 spiro atoms. The van der Waals surface area contributed by atoms with E-state index in [1.807, 2.05) is 19.2 Å². The third kappa shape index (κ3) is 3.45. The van der Waals surface area contributed by atoms with Crippen molar-refractivity contribution in [3.63, 3.8) is 0 Å². The molecule has 0 saturated heterocycles. The maximum atomic E-state index is 5.76. The molecule has 0 saturated carbocycles. The zero-order valence-corrected chi connectivity index (χ0v) is 11.2. The van der Waals surface area contributed by atoms with Gasteiger partial charge in [0.1, 0.15) is 12.4 Å². The Labute approximate surface area is 109 Å². The number of nitrogens with zero attached hydrogens (tertiary/aromatic N) is 1. The number of para-hydroxylation sites is 1. The standard InChI is InChI=1S/C14H22N2O2/c1-15-13(11-17-2)10-16-7-8-18-14-6-4-3-5-12(14)9-16/h3-6,13,15H,7-11H2,1-2H3. The Balaban J connectivity index is 1.99. The van der Waals surface area contributed by atoms with E-state index in [0.717, 1.165) is 38.6 Å². The van der Waals surface area contributed by atoms with Gasteiger partial charge in [-0.3, -0.25) is 4.90 Å². The van der Waals surface area contributed by atoms with Crippen LogP contribution in [0.5, 0.6) is 5.75 Å². The zero-order valence-electron chi connectivity index (χ0n) is 11.2. The van der Waals surface area contributed by atoms with Crippen LogP contribution in [0.25, 0.3) is 0 Å². The minimum absolute atomic E-state index is 0.361. The SMILES string of the molecule is CNC(COC)CN1CCOc2ccccc2C1. The summed E-state index contributed by atoms with van der Waals surface area (Å²) in [6.45, 7) is 4.35. The number of methoxy groups -OCH3 is 1. The van der Waals surface area contributed by atoms with Crippen LogP contribution in [0.1, 0.15) is 5.56 Å². The molecule has 1 heterocycles. The fourth-order valence-corrected chi connectivity index (χ4v) is 2.28. The first kappa shape index (κ1) is 13.3. The van der Waals surface area contributed by atoms with Gasteiger partial charge in [0.25, 0.3) is 0 Å². The fourth-order valence-electron chi connectivity index (χ4n) is 2.28. The molecule has 0 radical (unpaired) electrons. The van der Waals surface area contributed by atoms with Crippen LogP contribution in [0.2, 0.25) is 0 Å². The van der Waals surface area contributed by atoms with Crippen molar-refractivity contribution in [2.45, 2.75) is 12.6 Å². The highest BCUT2D eigenvalue weighted by molar-refractivity contribution is 5.33. The van der Waals surface area contributed by atoms with Gasteiger partial charge in [-0.2, -0.15) is 0 Å². The molecule has 4 nitrogen and oxygen atoms in total. The van der Waals surface area contributed by atoms with Crippen molar-refractivity contribution in [1.29, 1.82) is 0 Å². The normalized spacial score (nSPS) is 17.7. The van der Waals surface area contributed by atoms with Crippen LogP contribution >= 0.6 is 0 Å². The molecule has 0 bridgehead atoms. The second-order valence-electron chi connectivity index (χ2n) is 4.63. The highest BCUT2D eigenvalue weighted by Gasteiger charge is 2.17. The topological polar surface area (TPSA) is 33.7 Å². The number of fused-ring (bicyclic) bond motifs is 1. The minimum Gasteiger partial charge on any atom is -0.492 e. The summed E-state index contributed by atoms with van der Waals surface area (Å²) in [5, 5.41) is 3.29. The van der Waals surface area contributed by atoms with E-state index in [2.05, 4.69) is 22.3 Å². The minimum atomic E-state index is 0.361. The van der Waals surface area contributed by atoms with Gasteiger partial charge in [-0.25, -0.2) is 0 Å². The second kappa shape index (κ2) is 6.73. The van der Waals surface area contributed by atoms with Crippen LogP contribution < -0.4 is 10.1 Å². The summed E-state index contributed by atoms with van der Waals surface area (Å²) in [6, 6.07) is 8.63. The molecule has 1 atom stereocenters. The lowest BCUT2D eigenvalue weighted by Gasteiger charge is -2.25. The predicted molar refractivity (Wildman–Crippen MR) is 71.9 cm³/mol. The molecular formula is C14H22N2O2. The molecule has 1 aliphatic heterocycles. The smallest absolute Gasteiger partial charge is 0.123 e. The molecular weight excluding hydrogens is 228 g/mol. The molecule has 0 amide bonds. The van der Waals surface area contributed by atoms with Crippen LogP contribution in [-0.2, 0) is 11.3 Å². The van der Waals surface area contributed by atoms with Crippen LogP contribution in [0.3, 0.4) is 0 Å². The van der Waals surface area contributed by atoms with Crippen LogP contribution in [0, 0.1) is 0 Å². The average Bonchev–Trinajstić information content (AvgIpc) is 2.59. The molecule has 1 aromatic carbocycles. The van der Waals surface area contributed by atoms with Gasteiger partial charge in [0, 0.05) is 38.3 Å². The van der Waals surface area contributed by atoms with Gasteiger partial charge >= 0.3 is 0 Å². The van der Waals surface area contributed by atoms with Gasteiger partial charge in [-0.1, -0.05) is 18.2 Å².